The van der Waals surface area contributed by atoms with E-state index in [0.29, 0.717) is 37.8 Å². The number of carbonyl (C=O) groups excluding carboxylic acids is 2. The van der Waals surface area contributed by atoms with Gasteiger partial charge in [-0.2, -0.15) is 0 Å². The Bertz CT molecular complexity index is 637. The highest BCUT2D eigenvalue weighted by atomic mass is 16.5. The molecule has 1 aromatic carbocycles. The Hall–Kier alpha value is -2.12. The highest BCUT2D eigenvalue weighted by Crippen LogP contribution is 2.22. The summed E-state index contributed by atoms with van der Waals surface area (Å²) in [6, 6.07) is 7.53. The van der Waals surface area contributed by atoms with E-state index in [9.17, 15) is 9.59 Å². The first kappa shape index (κ1) is 18.7. The van der Waals surface area contributed by atoms with Crippen molar-refractivity contribution >= 4 is 11.8 Å². The molecule has 1 heterocycles. The normalized spacial score (nSPS) is 20.1. The van der Waals surface area contributed by atoms with E-state index in [-0.39, 0.29) is 24.5 Å². The third kappa shape index (κ3) is 4.95. The molecule has 1 saturated carbocycles. The zero-order valence-electron chi connectivity index (χ0n) is 15.1. The van der Waals surface area contributed by atoms with Crippen LogP contribution in [-0.2, 0) is 14.3 Å². The van der Waals surface area contributed by atoms with Gasteiger partial charge in [0, 0.05) is 19.3 Å². The van der Waals surface area contributed by atoms with E-state index >= 15 is 0 Å². The Morgan fingerprint density at radius 3 is 2.54 bits per heavy atom. The summed E-state index contributed by atoms with van der Waals surface area (Å²) in [7, 11) is 0. The number of amides is 2. The maximum Gasteiger partial charge on any atom is 0.258 e. The molecule has 2 aliphatic rings. The molecule has 4 N–H and O–H groups in total. The van der Waals surface area contributed by atoms with Crippen LogP contribution >= 0.6 is 0 Å². The molecule has 2 amide bonds. The van der Waals surface area contributed by atoms with E-state index in [2.05, 4.69) is 10.6 Å². The molecular formula is C19H27N3O4. The predicted octanol–water partition coefficient (Wildman–Crippen LogP) is 1.03. The number of nitrogens with two attached hydrogens (primary N) is 1. The molecule has 0 bridgehead atoms. The monoisotopic (exact) mass is 361 g/mol. The molecule has 0 spiro atoms. The lowest BCUT2D eigenvalue weighted by Crippen LogP contribution is -2.57. The minimum atomic E-state index is -0.857. The van der Waals surface area contributed by atoms with Crippen LogP contribution in [0.1, 0.15) is 44.2 Å². The Morgan fingerprint density at radius 1 is 1.27 bits per heavy atom. The van der Waals surface area contributed by atoms with Gasteiger partial charge in [-0.3, -0.25) is 9.59 Å². The van der Waals surface area contributed by atoms with Gasteiger partial charge in [0.2, 0.25) is 5.91 Å². The summed E-state index contributed by atoms with van der Waals surface area (Å²) in [6.07, 6.45) is 3.17. The lowest BCUT2D eigenvalue weighted by atomic mass is 9.90. The van der Waals surface area contributed by atoms with Crippen molar-refractivity contribution in [2.75, 3.05) is 19.8 Å². The van der Waals surface area contributed by atoms with Crippen molar-refractivity contribution in [3.63, 3.8) is 0 Å². The Labute approximate surface area is 153 Å². The smallest absolute Gasteiger partial charge is 0.258 e. The van der Waals surface area contributed by atoms with Crippen molar-refractivity contribution in [3.8, 4) is 5.75 Å². The Balaban J connectivity index is 1.48. The Morgan fingerprint density at radius 2 is 1.92 bits per heavy atom. The van der Waals surface area contributed by atoms with Crippen molar-refractivity contribution in [2.45, 2.75) is 50.2 Å². The molecule has 7 heteroatoms. The van der Waals surface area contributed by atoms with Gasteiger partial charge in [0.25, 0.3) is 5.91 Å². The van der Waals surface area contributed by atoms with Crippen molar-refractivity contribution in [1.82, 2.24) is 10.6 Å². The Kier molecular flexibility index (Phi) is 5.78. The molecule has 142 valence electrons. The van der Waals surface area contributed by atoms with Crippen LogP contribution in [-0.4, -0.2) is 43.2 Å². The average molecular weight is 361 g/mol. The molecule has 1 aliphatic heterocycles. The minimum Gasteiger partial charge on any atom is -0.484 e. The van der Waals surface area contributed by atoms with Gasteiger partial charge >= 0.3 is 0 Å². The first-order chi connectivity index (χ1) is 12.5. The van der Waals surface area contributed by atoms with Crippen LogP contribution in [0.4, 0.5) is 0 Å². The van der Waals surface area contributed by atoms with Gasteiger partial charge in [0.15, 0.2) is 6.61 Å². The number of ether oxygens (including phenoxy) is 2. The second-order valence-corrected chi connectivity index (χ2v) is 7.16. The van der Waals surface area contributed by atoms with Gasteiger partial charge in [0.05, 0.1) is 11.6 Å². The van der Waals surface area contributed by atoms with Crippen molar-refractivity contribution in [2.24, 2.45) is 5.73 Å². The highest BCUT2D eigenvalue weighted by molar-refractivity contribution is 5.86. The second-order valence-electron chi connectivity index (χ2n) is 7.16. The van der Waals surface area contributed by atoms with Crippen LogP contribution in [0.2, 0.25) is 0 Å². The van der Waals surface area contributed by atoms with Gasteiger partial charge in [-0.15, -0.1) is 0 Å². The fourth-order valence-electron chi connectivity index (χ4n) is 2.89. The summed E-state index contributed by atoms with van der Waals surface area (Å²) in [6.45, 7) is 2.96. The molecule has 1 atom stereocenters. The molecule has 7 nitrogen and oxygen atoms in total. The maximum atomic E-state index is 12.5. The molecule has 1 saturated heterocycles. The van der Waals surface area contributed by atoms with Gasteiger partial charge in [-0.25, -0.2) is 0 Å². The topological polar surface area (TPSA) is 103 Å². The van der Waals surface area contributed by atoms with Crippen LogP contribution in [0.3, 0.4) is 0 Å². The number of carbonyl (C=O) groups is 2. The summed E-state index contributed by atoms with van der Waals surface area (Å²) in [5, 5.41) is 5.86. The summed E-state index contributed by atoms with van der Waals surface area (Å²) < 4.78 is 10.8. The standard InChI is InChI=1S/C19H27N3O4/c1-13(21-18(24)19(20)8-10-25-11-9-19)14-2-6-16(7-3-14)26-12-17(23)22-15-4-5-15/h2-3,6-7,13,15H,4-5,8-12,20H2,1H3,(H,21,24)(H,22,23). The maximum absolute atomic E-state index is 12.5. The highest BCUT2D eigenvalue weighted by Gasteiger charge is 2.36. The third-order valence-corrected chi connectivity index (χ3v) is 4.88. The van der Waals surface area contributed by atoms with Crippen LogP contribution in [0, 0.1) is 0 Å². The van der Waals surface area contributed by atoms with E-state index in [4.69, 9.17) is 15.2 Å². The van der Waals surface area contributed by atoms with Crippen LogP contribution in [0.5, 0.6) is 5.75 Å². The lowest BCUT2D eigenvalue weighted by Gasteiger charge is -2.33. The van der Waals surface area contributed by atoms with Crippen LogP contribution < -0.4 is 21.1 Å². The van der Waals surface area contributed by atoms with Crippen molar-refractivity contribution < 1.29 is 19.1 Å². The zero-order valence-corrected chi connectivity index (χ0v) is 15.1. The number of hydrogen-bond donors (Lipinski definition) is 3. The largest absolute Gasteiger partial charge is 0.484 e. The van der Waals surface area contributed by atoms with Gasteiger partial charge < -0.3 is 25.8 Å². The van der Waals surface area contributed by atoms with Gasteiger partial charge in [-0.1, -0.05) is 12.1 Å². The van der Waals surface area contributed by atoms with E-state index in [1.54, 1.807) is 12.1 Å². The molecule has 0 aromatic heterocycles. The van der Waals surface area contributed by atoms with Crippen molar-refractivity contribution in [3.05, 3.63) is 29.8 Å². The molecule has 3 rings (SSSR count). The van der Waals surface area contributed by atoms with E-state index in [1.165, 1.54) is 0 Å². The van der Waals surface area contributed by atoms with E-state index in [0.717, 1.165) is 18.4 Å². The minimum absolute atomic E-state index is 0.0138. The number of benzene rings is 1. The second kappa shape index (κ2) is 8.05. The molecule has 1 unspecified atom stereocenters. The summed E-state index contributed by atoms with van der Waals surface area (Å²) in [5.41, 5.74) is 6.30. The molecule has 0 radical (unpaired) electrons. The number of rotatable bonds is 7. The number of nitrogens with one attached hydrogen (secondary N) is 2. The first-order valence-corrected chi connectivity index (χ1v) is 9.16. The molecule has 26 heavy (non-hydrogen) atoms. The number of hydrogen-bond acceptors (Lipinski definition) is 5. The summed E-state index contributed by atoms with van der Waals surface area (Å²) in [4.78, 5) is 24.1. The fourth-order valence-corrected chi connectivity index (χ4v) is 2.89. The van der Waals surface area contributed by atoms with Crippen LogP contribution in [0.15, 0.2) is 24.3 Å². The molecule has 1 aliphatic carbocycles. The lowest BCUT2D eigenvalue weighted by molar-refractivity contribution is -0.130. The predicted molar refractivity (Wildman–Crippen MR) is 96.6 cm³/mol. The third-order valence-electron chi connectivity index (χ3n) is 4.88. The fraction of sp³-hybridized carbons (Fsp3) is 0.579. The average Bonchev–Trinajstić information content (AvgIpc) is 3.45. The molecule has 2 fully saturated rings. The molecule has 1 aromatic rings. The van der Waals surface area contributed by atoms with E-state index < -0.39 is 5.54 Å². The first-order valence-electron chi connectivity index (χ1n) is 9.16. The summed E-state index contributed by atoms with van der Waals surface area (Å²) >= 11 is 0. The van der Waals surface area contributed by atoms with Gasteiger partial charge in [-0.05, 0) is 50.3 Å². The quantitative estimate of drug-likeness (QED) is 0.673. The van der Waals surface area contributed by atoms with Gasteiger partial charge in [0.1, 0.15) is 5.75 Å². The summed E-state index contributed by atoms with van der Waals surface area (Å²) in [5.74, 6) is 0.380. The van der Waals surface area contributed by atoms with Crippen molar-refractivity contribution in [1.29, 1.82) is 0 Å². The molecular weight excluding hydrogens is 334 g/mol. The SMILES string of the molecule is CC(NC(=O)C1(N)CCOCC1)c1ccc(OCC(=O)NC2CC2)cc1. The van der Waals surface area contributed by atoms with E-state index in [1.807, 2.05) is 19.1 Å². The van der Waals surface area contributed by atoms with Crippen LogP contribution in [0.25, 0.3) is 0 Å². The zero-order chi connectivity index (χ0) is 18.6.